The Balaban J connectivity index is 1.98. The van der Waals surface area contributed by atoms with E-state index in [2.05, 4.69) is 27.4 Å². The molecule has 1 heterocycles. The molecular weight excluding hydrogens is 241 g/mol. The molecule has 3 nitrogen and oxygen atoms in total. The maximum atomic E-state index is 13.7. The molecule has 0 amide bonds. The number of benzene rings is 1. The molecule has 1 aliphatic rings. The topological polar surface area (TPSA) is 37.8 Å². The first-order valence-corrected chi connectivity index (χ1v) is 6.51. The van der Waals surface area contributed by atoms with E-state index in [0.717, 1.165) is 11.5 Å². The number of aromatic nitrogens is 2. The van der Waals surface area contributed by atoms with Crippen molar-refractivity contribution < 1.29 is 4.39 Å². The van der Waals surface area contributed by atoms with Crippen LogP contribution < -0.4 is 5.32 Å². The van der Waals surface area contributed by atoms with Gasteiger partial charge in [0.25, 0.3) is 0 Å². The van der Waals surface area contributed by atoms with Crippen molar-refractivity contribution in [2.75, 3.05) is 12.4 Å². The molecule has 1 aromatic carbocycles. The molecule has 0 saturated heterocycles. The van der Waals surface area contributed by atoms with Crippen LogP contribution in [-0.2, 0) is 0 Å². The first kappa shape index (κ1) is 12.1. The van der Waals surface area contributed by atoms with Crippen molar-refractivity contribution in [3.8, 4) is 11.4 Å². The standard InChI is InChI=1S/C15H16FN3/c1-9-13(16)15(17-2)19-14(18-9)12-7-5-11(6-8-12)10-3-4-10/h5-8,10H,3-4H2,1-2H3,(H,17,18,19). The molecule has 1 aliphatic carbocycles. The van der Waals surface area contributed by atoms with Gasteiger partial charge in [0, 0.05) is 12.6 Å². The van der Waals surface area contributed by atoms with Gasteiger partial charge in [0.2, 0.25) is 0 Å². The zero-order valence-corrected chi connectivity index (χ0v) is 11.1. The highest BCUT2D eigenvalue weighted by molar-refractivity contribution is 5.58. The van der Waals surface area contributed by atoms with Gasteiger partial charge in [-0.3, -0.25) is 0 Å². The fourth-order valence-corrected chi connectivity index (χ4v) is 2.18. The summed E-state index contributed by atoms with van der Waals surface area (Å²) in [6.07, 6.45) is 2.57. The molecule has 19 heavy (non-hydrogen) atoms. The third-order valence-corrected chi connectivity index (χ3v) is 3.47. The maximum Gasteiger partial charge on any atom is 0.186 e. The summed E-state index contributed by atoms with van der Waals surface area (Å²) < 4.78 is 13.7. The van der Waals surface area contributed by atoms with Crippen molar-refractivity contribution in [2.45, 2.75) is 25.7 Å². The molecule has 0 bridgehead atoms. The van der Waals surface area contributed by atoms with Gasteiger partial charge in [0.05, 0.1) is 5.69 Å². The van der Waals surface area contributed by atoms with Crippen LogP contribution in [-0.4, -0.2) is 17.0 Å². The van der Waals surface area contributed by atoms with Gasteiger partial charge in [0.15, 0.2) is 17.5 Å². The molecule has 0 spiro atoms. The summed E-state index contributed by atoms with van der Waals surface area (Å²) in [5.41, 5.74) is 2.65. The van der Waals surface area contributed by atoms with Crippen molar-refractivity contribution in [3.05, 3.63) is 41.3 Å². The van der Waals surface area contributed by atoms with E-state index < -0.39 is 0 Å². The number of hydrogen-bond acceptors (Lipinski definition) is 3. The predicted octanol–water partition coefficient (Wildman–Crippen LogP) is 3.51. The summed E-state index contributed by atoms with van der Waals surface area (Å²) in [4.78, 5) is 8.43. The molecule has 0 aliphatic heterocycles. The largest absolute Gasteiger partial charge is 0.371 e. The minimum absolute atomic E-state index is 0.244. The van der Waals surface area contributed by atoms with E-state index in [4.69, 9.17) is 0 Å². The number of aryl methyl sites for hydroxylation is 1. The smallest absolute Gasteiger partial charge is 0.186 e. The van der Waals surface area contributed by atoms with Gasteiger partial charge in [-0.2, -0.15) is 0 Å². The van der Waals surface area contributed by atoms with Crippen LogP contribution in [0.15, 0.2) is 24.3 Å². The third-order valence-electron chi connectivity index (χ3n) is 3.47. The number of nitrogens with zero attached hydrogens (tertiary/aromatic N) is 2. The maximum absolute atomic E-state index is 13.7. The second-order valence-electron chi connectivity index (χ2n) is 4.94. The van der Waals surface area contributed by atoms with Crippen LogP contribution in [0, 0.1) is 12.7 Å². The van der Waals surface area contributed by atoms with Crippen LogP contribution in [0.3, 0.4) is 0 Å². The highest BCUT2D eigenvalue weighted by Gasteiger charge is 2.23. The van der Waals surface area contributed by atoms with Gasteiger partial charge in [-0.25, -0.2) is 14.4 Å². The van der Waals surface area contributed by atoms with Crippen LogP contribution in [0.4, 0.5) is 10.2 Å². The second kappa shape index (κ2) is 4.61. The molecule has 98 valence electrons. The molecule has 1 aromatic heterocycles. The van der Waals surface area contributed by atoms with E-state index in [1.54, 1.807) is 14.0 Å². The first-order valence-electron chi connectivity index (χ1n) is 6.51. The van der Waals surface area contributed by atoms with Crippen LogP contribution in [0.1, 0.15) is 30.0 Å². The Hall–Kier alpha value is -1.97. The normalized spacial score (nSPS) is 14.5. The van der Waals surface area contributed by atoms with Crippen molar-refractivity contribution in [1.29, 1.82) is 0 Å². The van der Waals surface area contributed by atoms with E-state index in [9.17, 15) is 4.39 Å². The average molecular weight is 257 g/mol. The lowest BCUT2D eigenvalue weighted by atomic mass is 10.1. The Morgan fingerprint density at radius 2 is 1.84 bits per heavy atom. The number of nitrogens with one attached hydrogen (secondary N) is 1. The fourth-order valence-electron chi connectivity index (χ4n) is 2.18. The lowest BCUT2D eigenvalue weighted by Gasteiger charge is -2.08. The summed E-state index contributed by atoms with van der Waals surface area (Å²) in [5, 5.41) is 2.76. The van der Waals surface area contributed by atoms with Gasteiger partial charge in [0.1, 0.15) is 0 Å². The first-order chi connectivity index (χ1) is 9.19. The summed E-state index contributed by atoms with van der Waals surface area (Å²) in [5.74, 6) is 1.15. The molecule has 0 radical (unpaired) electrons. The molecule has 0 unspecified atom stereocenters. The minimum atomic E-state index is -0.388. The monoisotopic (exact) mass is 257 g/mol. The molecule has 0 atom stereocenters. The molecular formula is C15H16FN3. The minimum Gasteiger partial charge on any atom is -0.371 e. The zero-order valence-electron chi connectivity index (χ0n) is 11.1. The SMILES string of the molecule is CNc1nc(-c2ccc(C3CC3)cc2)nc(C)c1F. The van der Waals surface area contributed by atoms with Crippen LogP contribution in [0.25, 0.3) is 11.4 Å². The number of halogens is 1. The molecule has 1 fully saturated rings. The fraction of sp³-hybridized carbons (Fsp3) is 0.333. The summed E-state index contributed by atoms with van der Waals surface area (Å²) in [6, 6.07) is 8.27. The highest BCUT2D eigenvalue weighted by atomic mass is 19.1. The quantitative estimate of drug-likeness (QED) is 0.914. The van der Waals surface area contributed by atoms with E-state index in [1.807, 2.05) is 12.1 Å². The second-order valence-corrected chi connectivity index (χ2v) is 4.94. The van der Waals surface area contributed by atoms with Gasteiger partial charge in [-0.15, -0.1) is 0 Å². The van der Waals surface area contributed by atoms with E-state index >= 15 is 0 Å². The van der Waals surface area contributed by atoms with Gasteiger partial charge < -0.3 is 5.32 Å². The number of hydrogen-bond donors (Lipinski definition) is 1. The Bertz CT molecular complexity index is 604. The van der Waals surface area contributed by atoms with Crippen molar-refractivity contribution >= 4 is 5.82 Å². The molecule has 2 aromatic rings. The molecule has 3 rings (SSSR count). The van der Waals surface area contributed by atoms with Crippen LogP contribution in [0.5, 0.6) is 0 Å². The van der Waals surface area contributed by atoms with Crippen molar-refractivity contribution in [3.63, 3.8) is 0 Å². The zero-order chi connectivity index (χ0) is 13.4. The van der Waals surface area contributed by atoms with Gasteiger partial charge in [-0.1, -0.05) is 24.3 Å². The third kappa shape index (κ3) is 2.30. The van der Waals surface area contributed by atoms with E-state index in [1.165, 1.54) is 18.4 Å². The Morgan fingerprint density at radius 3 is 2.42 bits per heavy atom. The number of rotatable bonds is 3. The lowest BCUT2D eigenvalue weighted by Crippen LogP contribution is -2.03. The van der Waals surface area contributed by atoms with E-state index in [-0.39, 0.29) is 11.6 Å². The highest BCUT2D eigenvalue weighted by Crippen LogP contribution is 2.40. The average Bonchev–Trinajstić information content (AvgIpc) is 3.26. The summed E-state index contributed by atoms with van der Waals surface area (Å²) in [7, 11) is 1.66. The van der Waals surface area contributed by atoms with Gasteiger partial charge in [-0.05, 0) is 31.2 Å². The van der Waals surface area contributed by atoms with Crippen molar-refractivity contribution in [1.82, 2.24) is 9.97 Å². The Kier molecular flexibility index (Phi) is 2.93. The van der Waals surface area contributed by atoms with E-state index in [0.29, 0.717) is 11.5 Å². The molecule has 4 heteroatoms. The van der Waals surface area contributed by atoms with Crippen LogP contribution in [0.2, 0.25) is 0 Å². The number of anilines is 1. The van der Waals surface area contributed by atoms with Gasteiger partial charge >= 0.3 is 0 Å². The lowest BCUT2D eigenvalue weighted by molar-refractivity contribution is 0.607. The van der Waals surface area contributed by atoms with Crippen LogP contribution >= 0.6 is 0 Å². The molecule has 1 saturated carbocycles. The van der Waals surface area contributed by atoms with Crippen molar-refractivity contribution in [2.24, 2.45) is 0 Å². The summed E-state index contributed by atoms with van der Waals surface area (Å²) >= 11 is 0. The molecule has 1 N–H and O–H groups in total. The predicted molar refractivity (Wildman–Crippen MR) is 73.7 cm³/mol. The Morgan fingerprint density at radius 1 is 1.16 bits per heavy atom. The summed E-state index contributed by atoms with van der Waals surface area (Å²) in [6.45, 7) is 1.65. The Labute approximate surface area is 111 Å².